The van der Waals surface area contributed by atoms with Crippen molar-refractivity contribution in [1.29, 1.82) is 0 Å². The lowest BCUT2D eigenvalue weighted by molar-refractivity contribution is -0.143. The summed E-state index contributed by atoms with van der Waals surface area (Å²) in [6, 6.07) is 8.38. The highest BCUT2D eigenvalue weighted by atomic mass is 16.5. The molecule has 2 atom stereocenters. The molecule has 1 amide bonds. The van der Waals surface area contributed by atoms with Crippen LogP contribution in [0.15, 0.2) is 24.3 Å². The lowest BCUT2D eigenvalue weighted by Crippen LogP contribution is -2.34. The minimum absolute atomic E-state index is 0.124. The van der Waals surface area contributed by atoms with Crippen LogP contribution in [0.1, 0.15) is 75.8 Å². The van der Waals surface area contributed by atoms with Crippen molar-refractivity contribution in [2.75, 3.05) is 20.3 Å². The van der Waals surface area contributed by atoms with E-state index in [1.807, 2.05) is 30.0 Å². The Hall–Kier alpha value is -1.92. The first-order chi connectivity index (χ1) is 15.0. The molecule has 1 heterocycles. The third-order valence-electron chi connectivity index (χ3n) is 5.89. The molecule has 0 aromatic heterocycles. The monoisotopic (exact) mass is 433 g/mol. The highest BCUT2D eigenvalue weighted by molar-refractivity contribution is 5.78. The lowest BCUT2D eigenvalue weighted by atomic mass is 9.99. The third-order valence-corrected chi connectivity index (χ3v) is 5.89. The van der Waals surface area contributed by atoms with Gasteiger partial charge in [0.2, 0.25) is 5.91 Å². The molecule has 1 aliphatic heterocycles. The van der Waals surface area contributed by atoms with Crippen LogP contribution in [-0.4, -0.2) is 54.3 Å². The van der Waals surface area contributed by atoms with Crippen LogP contribution in [0, 0.1) is 0 Å². The van der Waals surface area contributed by atoms with E-state index in [2.05, 4.69) is 6.07 Å². The first-order valence-corrected chi connectivity index (χ1v) is 11.7. The first kappa shape index (κ1) is 25.3. The van der Waals surface area contributed by atoms with E-state index in [0.717, 1.165) is 56.2 Å². The number of likely N-dealkylation sites (tertiary alicyclic amines) is 1. The molecule has 0 spiro atoms. The van der Waals surface area contributed by atoms with Gasteiger partial charge >= 0.3 is 5.97 Å². The van der Waals surface area contributed by atoms with Crippen molar-refractivity contribution >= 4 is 11.9 Å². The van der Waals surface area contributed by atoms with Gasteiger partial charge in [-0.05, 0) is 56.6 Å². The van der Waals surface area contributed by atoms with E-state index >= 15 is 0 Å². The second-order valence-electron chi connectivity index (χ2n) is 8.44. The molecular formula is C25H39NO5. The van der Waals surface area contributed by atoms with Gasteiger partial charge in [-0.25, -0.2) is 0 Å². The molecule has 31 heavy (non-hydrogen) atoms. The molecule has 1 N–H and O–H groups in total. The zero-order chi connectivity index (χ0) is 22.5. The van der Waals surface area contributed by atoms with Crippen molar-refractivity contribution < 1.29 is 24.2 Å². The molecule has 0 radical (unpaired) electrons. The van der Waals surface area contributed by atoms with E-state index in [9.17, 15) is 14.7 Å². The number of hydrogen-bond acceptors (Lipinski definition) is 5. The van der Waals surface area contributed by atoms with E-state index in [1.54, 1.807) is 7.11 Å². The van der Waals surface area contributed by atoms with Crippen molar-refractivity contribution in [3.8, 4) is 0 Å². The summed E-state index contributed by atoms with van der Waals surface area (Å²) in [6.07, 6.45) is 7.52. The summed E-state index contributed by atoms with van der Waals surface area (Å²) in [6.45, 7) is 3.61. The number of unbranched alkanes of at least 4 members (excludes halogenated alkanes) is 3. The second-order valence-corrected chi connectivity index (χ2v) is 8.44. The summed E-state index contributed by atoms with van der Waals surface area (Å²) in [4.78, 5) is 25.7. The fourth-order valence-corrected chi connectivity index (χ4v) is 4.31. The molecule has 1 aliphatic rings. The van der Waals surface area contributed by atoms with Crippen LogP contribution in [0.25, 0.3) is 0 Å². The SMILES string of the molecule is CCOC(=O)CCCCCCN1C(=O)CCC1CC[C@@H](O)Cc1cccc(COC)c1. The number of methoxy groups -OCH3 is 1. The van der Waals surface area contributed by atoms with Crippen LogP contribution >= 0.6 is 0 Å². The van der Waals surface area contributed by atoms with Gasteiger partial charge < -0.3 is 19.5 Å². The molecule has 0 bridgehead atoms. The predicted octanol–water partition coefficient (Wildman–Crippen LogP) is 4.02. The van der Waals surface area contributed by atoms with Gasteiger partial charge in [-0.1, -0.05) is 37.1 Å². The molecule has 0 aliphatic carbocycles. The normalized spacial score (nSPS) is 17.2. The van der Waals surface area contributed by atoms with Crippen LogP contribution in [0.4, 0.5) is 0 Å². The smallest absolute Gasteiger partial charge is 0.305 e. The molecule has 2 rings (SSSR count). The maximum atomic E-state index is 12.3. The first-order valence-electron chi connectivity index (χ1n) is 11.7. The standard InChI is InChI=1S/C25H39NO5/c1-3-31-25(29)11-6-4-5-7-16-26-22(13-15-24(26)28)12-14-23(27)18-20-9-8-10-21(17-20)19-30-2/h8-10,17,22-23,27H,3-7,11-16,18-19H2,1-2H3/t22?,23-/m1/s1. The van der Waals surface area contributed by atoms with E-state index < -0.39 is 6.10 Å². The van der Waals surface area contributed by atoms with Gasteiger partial charge in [0.25, 0.3) is 0 Å². The number of benzene rings is 1. The topological polar surface area (TPSA) is 76.1 Å². The Labute approximate surface area is 186 Å². The quantitative estimate of drug-likeness (QED) is 0.334. The Morgan fingerprint density at radius 2 is 2.00 bits per heavy atom. The number of hydrogen-bond donors (Lipinski definition) is 1. The highest BCUT2D eigenvalue weighted by Crippen LogP contribution is 2.24. The van der Waals surface area contributed by atoms with Gasteiger partial charge in [-0.2, -0.15) is 0 Å². The summed E-state index contributed by atoms with van der Waals surface area (Å²) in [5.41, 5.74) is 2.23. The summed E-state index contributed by atoms with van der Waals surface area (Å²) in [5.74, 6) is 0.111. The number of esters is 1. The molecule has 1 aromatic carbocycles. The summed E-state index contributed by atoms with van der Waals surface area (Å²) in [7, 11) is 1.68. The molecule has 174 valence electrons. The average molecular weight is 434 g/mol. The molecule has 1 fully saturated rings. The molecule has 0 saturated carbocycles. The highest BCUT2D eigenvalue weighted by Gasteiger charge is 2.30. The molecule has 6 nitrogen and oxygen atoms in total. The summed E-state index contributed by atoms with van der Waals surface area (Å²) < 4.78 is 10.1. The van der Waals surface area contributed by atoms with Gasteiger partial charge in [0.05, 0.1) is 19.3 Å². The Morgan fingerprint density at radius 1 is 1.23 bits per heavy atom. The molecular weight excluding hydrogens is 394 g/mol. The van der Waals surface area contributed by atoms with Gasteiger partial charge in [-0.3, -0.25) is 9.59 Å². The maximum absolute atomic E-state index is 12.3. The molecule has 6 heteroatoms. The van der Waals surface area contributed by atoms with Gasteiger partial charge in [-0.15, -0.1) is 0 Å². The van der Waals surface area contributed by atoms with E-state index in [0.29, 0.717) is 38.9 Å². The zero-order valence-electron chi connectivity index (χ0n) is 19.2. The fourth-order valence-electron chi connectivity index (χ4n) is 4.31. The Kier molecular flexibility index (Phi) is 11.6. The van der Waals surface area contributed by atoms with Crippen molar-refractivity contribution in [3.05, 3.63) is 35.4 Å². The van der Waals surface area contributed by atoms with Crippen LogP contribution in [0.5, 0.6) is 0 Å². The number of aliphatic hydroxyl groups is 1. The maximum Gasteiger partial charge on any atom is 0.305 e. The molecule has 1 saturated heterocycles. The Bertz CT molecular complexity index is 678. The Balaban J connectivity index is 1.67. The van der Waals surface area contributed by atoms with Crippen LogP contribution in [-0.2, 0) is 32.1 Å². The van der Waals surface area contributed by atoms with E-state index in [4.69, 9.17) is 9.47 Å². The minimum Gasteiger partial charge on any atom is -0.466 e. The fraction of sp³-hybridized carbons (Fsp3) is 0.680. The van der Waals surface area contributed by atoms with Crippen molar-refractivity contribution in [3.63, 3.8) is 0 Å². The predicted molar refractivity (Wildman–Crippen MR) is 121 cm³/mol. The van der Waals surface area contributed by atoms with Crippen molar-refractivity contribution in [2.45, 2.75) is 89.9 Å². The number of carbonyl (C=O) groups is 2. The van der Waals surface area contributed by atoms with Gasteiger partial charge in [0.15, 0.2) is 0 Å². The third kappa shape index (κ3) is 9.40. The minimum atomic E-state index is -0.404. The number of carbonyl (C=O) groups excluding carboxylic acids is 2. The van der Waals surface area contributed by atoms with Crippen LogP contribution in [0.2, 0.25) is 0 Å². The second kappa shape index (κ2) is 14.2. The zero-order valence-corrected chi connectivity index (χ0v) is 19.2. The number of nitrogens with zero attached hydrogens (tertiary/aromatic N) is 1. The number of amides is 1. The van der Waals surface area contributed by atoms with Crippen molar-refractivity contribution in [1.82, 2.24) is 4.90 Å². The van der Waals surface area contributed by atoms with Crippen LogP contribution in [0.3, 0.4) is 0 Å². The Morgan fingerprint density at radius 3 is 2.77 bits per heavy atom. The molecule has 1 unspecified atom stereocenters. The number of rotatable bonds is 15. The number of aliphatic hydroxyl groups excluding tert-OH is 1. The van der Waals surface area contributed by atoms with E-state index in [-0.39, 0.29) is 17.9 Å². The summed E-state index contributed by atoms with van der Waals surface area (Å²) in [5, 5.41) is 10.5. The average Bonchev–Trinajstić information content (AvgIpc) is 3.09. The largest absolute Gasteiger partial charge is 0.466 e. The van der Waals surface area contributed by atoms with Crippen LogP contribution < -0.4 is 0 Å². The number of ether oxygens (including phenoxy) is 2. The van der Waals surface area contributed by atoms with Gasteiger partial charge in [0.1, 0.15) is 0 Å². The summed E-state index contributed by atoms with van der Waals surface area (Å²) >= 11 is 0. The van der Waals surface area contributed by atoms with E-state index in [1.165, 1.54) is 0 Å². The lowest BCUT2D eigenvalue weighted by Gasteiger charge is -2.26. The van der Waals surface area contributed by atoms with Gasteiger partial charge in [0, 0.05) is 32.5 Å². The van der Waals surface area contributed by atoms with Crippen molar-refractivity contribution in [2.24, 2.45) is 0 Å². The molecule has 1 aromatic rings.